The van der Waals surface area contributed by atoms with Gasteiger partial charge < -0.3 is 10.2 Å². The first-order valence-electron chi connectivity index (χ1n) is 11.9. The maximum Gasteiger partial charge on any atom is 0.271 e. The number of hydrogen-bond acceptors (Lipinski definition) is 3. The van der Waals surface area contributed by atoms with Crippen LogP contribution < -0.4 is 5.32 Å². The third-order valence-electron chi connectivity index (χ3n) is 7.13. The maximum atomic E-state index is 12.8. The third kappa shape index (κ3) is 5.50. The molecule has 0 bridgehead atoms. The second-order valence-corrected chi connectivity index (χ2v) is 9.53. The van der Waals surface area contributed by atoms with Gasteiger partial charge >= 0.3 is 0 Å². The van der Waals surface area contributed by atoms with Gasteiger partial charge in [0.25, 0.3) is 5.91 Å². The van der Waals surface area contributed by atoms with Crippen molar-refractivity contribution >= 4 is 17.5 Å². The topological polar surface area (TPSA) is 50.2 Å². The number of aryl methyl sites for hydroxylation is 1. The fourth-order valence-corrected chi connectivity index (χ4v) is 5.61. The Kier molecular flexibility index (Phi) is 7.67. The molecule has 1 saturated carbocycles. The molecule has 1 atom stereocenters. The minimum atomic E-state index is -0.104. The van der Waals surface area contributed by atoms with Gasteiger partial charge in [-0.15, -0.1) is 0 Å². The summed E-state index contributed by atoms with van der Waals surface area (Å²) >= 11 is 6.20. The van der Waals surface area contributed by atoms with E-state index in [0.29, 0.717) is 23.2 Å². The lowest BCUT2D eigenvalue weighted by Gasteiger charge is -2.38. The summed E-state index contributed by atoms with van der Waals surface area (Å²) in [6, 6.07) is 11.3. The zero-order valence-electron chi connectivity index (χ0n) is 18.6. The van der Waals surface area contributed by atoms with Gasteiger partial charge in [-0.3, -0.25) is 9.48 Å². The van der Waals surface area contributed by atoms with Crippen molar-refractivity contribution in [2.24, 2.45) is 5.92 Å². The van der Waals surface area contributed by atoms with Crippen molar-refractivity contribution in [3.63, 3.8) is 0 Å². The molecule has 2 aliphatic rings. The molecule has 1 unspecified atom stereocenters. The number of carbonyl (C=O) groups excluding carboxylic acids is 1. The average Bonchev–Trinajstić information content (AvgIpc) is 3.20. The minimum Gasteiger partial charge on any atom is -0.348 e. The van der Waals surface area contributed by atoms with Crippen LogP contribution in [0.3, 0.4) is 0 Å². The molecule has 1 aromatic heterocycles. The molecule has 6 heteroatoms. The number of piperidine rings is 1. The van der Waals surface area contributed by atoms with Gasteiger partial charge in [0, 0.05) is 32.2 Å². The van der Waals surface area contributed by atoms with E-state index < -0.39 is 0 Å². The number of rotatable bonds is 7. The summed E-state index contributed by atoms with van der Waals surface area (Å²) in [4.78, 5) is 15.4. The number of carbonyl (C=O) groups is 1. The molecule has 2 aromatic rings. The summed E-state index contributed by atoms with van der Waals surface area (Å²) in [5.41, 5.74) is 1.97. The second-order valence-electron chi connectivity index (χ2n) is 9.12. The molecule has 1 aliphatic heterocycles. The summed E-state index contributed by atoms with van der Waals surface area (Å²) in [6.45, 7) is 5.79. The fourth-order valence-electron chi connectivity index (χ4n) is 5.38. The lowest BCUT2D eigenvalue weighted by molar-refractivity contribution is 0.0894. The number of halogens is 1. The first-order valence-corrected chi connectivity index (χ1v) is 12.3. The fraction of sp³-hybridized carbons (Fsp3) is 0.600. The number of nitrogens with zero attached hydrogens (tertiary/aromatic N) is 3. The number of likely N-dealkylation sites (tertiary alicyclic amines) is 1. The predicted molar refractivity (Wildman–Crippen MR) is 126 cm³/mol. The van der Waals surface area contributed by atoms with E-state index >= 15 is 0 Å². The molecule has 0 radical (unpaired) electrons. The lowest BCUT2D eigenvalue weighted by Crippen LogP contribution is -2.46. The summed E-state index contributed by atoms with van der Waals surface area (Å²) in [5.74, 6) is 1.31. The Morgan fingerprint density at radius 3 is 2.52 bits per heavy atom. The summed E-state index contributed by atoms with van der Waals surface area (Å²) in [5, 5.41) is 7.80. The quantitative estimate of drug-likeness (QED) is 0.647. The predicted octanol–water partition coefficient (Wildman–Crippen LogP) is 5.11. The van der Waals surface area contributed by atoms with Gasteiger partial charge in [0.15, 0.2) is 0 Å². The Labute approximate surface area is 191 Å². The van der Waals surface area contributed by atoms with Gasteiger partial charge in [0.2, 0.25) is 0 Å². The monoisotopic (exact) mass is 442 g/mol. The summed E-state index contributed by atoms with van der Waals surface area (Å²) in [7, 11) is 0. The molecule has 1 saturated heterocycles. The molecule has 1 N–H and O–H groups in total. The first kappa shape index (κ1) is 22.3. The number of nitrogens with one attached hydrogen (secondary N) is 1. The Morgan fingerprint density at radius 2 is 1.84 bits per heavy atom. The lowest BCUT2D eigenvalue weighted by atomic mass is 9.76. The normalized spacial score (nSPS) is 19.9. The SMILES string of the molecule is CCn1ncc(Cl)c1C(=O)NC1CCN(CC(c2ccccc2)C2CCCCC2)CC1. The van der Waals surface area contributed by atoms with E-state index in [9.17, 15) is 4.79 Å². The summed E-state index contributed by atoms with van der Waals surface area (Å²) in [6.07, 6.45) is 10.4. The Hall–Kier alpha value is -1.85. The van der Waals surface area contributed by atoms with Crippen LogP contribution >= 0.6 is 11.6 Å². The van der Waals surface area contributed by atoms with E-state index in [1.807, 2.05) is 6.92 Å². The molecule has 4 rings (SSSR count). The Bertz CT molecular complexity index is 838. The van der Waals surface area contributed by atoms with Crippen LogP contribution in [0.5, 0.6) is 0 Å². The number of amides is 1. The smallest absolute Gasteiger partial charge is 0.271 e. The molecular weight excluding hydrogens is 408 g/mol. The van der Waals surface area contributed by atoms with Crippen LogP contribution in [0.2, 0.25) is 5.02 Å². The average molecular weight is 443 g/mol. The third-order valence-corrected chi connectivity index (χ3v) is 7.41. The van der Waals surface area contributed by atoms with Gasteiger partial charge in [-0.1, -0.05) is 61.2 Å². The maximum absolute atomic E-state index is 12.8. The van der Waals surface area contributed by atoms with Crippen LogP contribution in [0, 0.1) is 5.92 Å². The van der Waals surface area contributed by atoms with Crippen LogP contribution in [-0.4, -0.2) is 46.3 Å². The number of benzene rings is 1. The molecule has 1 amide bonds. The molecule has 1 aromatic carbocycles. The Morgan fingerprint density at radius 1 is 1.13 bits per heavy atom. The van der Waals surface area contributed by atoms with Crippen molar-refractivity contribution in [1.82, 2.24) is 20.0 Å². The highest BCUT2D eigenvalue weighted by Gasteiger charge is 2.29. The largest absolute Gasteiger partial charge is 0.348 e. The molecular formula is C25H35ClN4O. The minimum absolute atomic E-state index is 0.104. The van der Waals surface area contributed by atoms with E-state index in [2.05, 4.69) is 45.6 Å². The molecule has 168 valence electrons. The van der Waals surface area contributed by atoms with Crippen LogP contribution in [0.25, 0.3) is 0 Å². The zero-order chi connectivity index (χ0) is 21.6. The van der Waals surface area contributed by atoms with Crippen molar-refractivity contribution in [3.8, 4) is 0 Å². The van der Waals surface area contributed by atoms with Crippen molar-refractivity contribution in [2.75, 3.05) is 19.6 Å². The summed E-state index contributed by atoms with van der Waals surface area (Å²) < 4.78 is 1.67. The van der Waals surface area contributed by atoms with E-state index in [1.54, 1.807) is 10.9 Å². The van der Waals surface area contributed by atoms with Gasteiger partial charge in [-0.2, -0.15) is 5.10 Å². The molecule has 5 nitrogen and oxygen atoms in total. The highest BCUT2D eigenvalue weighted by molar-refractivity contribution is 6.33. The van der Waals surface area contributed by atoms with Crippen molar-refractivity contribution in [2.45, 2.75) is 70.4 Å². The van der Waals surface area contributed by atoms with E-state index in [4.69, 9.17) is 11.6 Å². The van der Waals surface area contributed by atoms with E-state index in [1.165, 1.54) is 37.7 Å². The first-order chi connectivity index (χ1) is 15.2. The number of aromatic nitrogens is 2. The molecule has 2 fully saturated rings. The van der Waals surface area contributed by atoms with Crippen molar-refractivity contribution in [3.05, 3.63) is 52.8 Å². The van der Waals surface area contributed by atoms with Gasteiger partial charge in [-0.05, 0) is 50.0 Å². The van der Waals surface area contributed by atoms with E-state index in [0.717, 1.165) is 38.4 Å². The van der Waals surface area contributed by atoms with Gasteiger partial charge in [0.05, 0.1) is 11.2 Å². The molecule has 2 heterocycles. The van der Waals surface area contributed by atoms with Crippen LogP contribution in [0.4, 0.5) is 0 Å². The van der Waals surface area contributed by atoms with Crippen LogP contribution in [0.1, 0.15) is 73.8 Å². The second kappa shape index (κ2) is 10.6. The van der Waals surface area contributed by atoms with Crippen molar-refractivity contribution in [1.29, 1.82) is 0 Å². The van der Waals surface area contributed by atoms with Crippen LogP contribution in [0.15, 0.2) is 36.5 Å². The van der Waals surface area contributed by atoms with Gasteiger partial charge in [0.1, 0.15) is 5.69 Å². The molecule has 1 aliphatic carbocycles. The van der Waals surface area contributed by atoms with Crippen molar-refractivity contribution < 1.29 is 4.79 Å². The highest BCUT2D eigenvalue weighted by atomic mass is 35.5. The van der Waals surface area contributed by atoms with E-state index in [-0.39, 0.29) is 11.9 Å². The van der Waals surface area contributed by atoms with Gasteiger partial charge in [-0.25, -0.2) is 0 Å². The highest BCUT2D eigenvalue weighted by Crippen LogP contribution is 2.37. The van der Waals surface area contributed by atoms with Crippen LogP contribution in [-0.2, 0) is 6.54 Å². The number of hydrogen-bond donors (Lipinski definition) is 1. The molecule has 0 spiro atoms. The zero-order valence-corrected chi connectivity index (χ0v) is 19.4. The standard InChI is InChI=1S/C25H35ClN4O/c1-2-30-24(23(26)17-27-30)25(31)28-21-13-15-29(16-14-21)18-22(19-9-5-3-6-10-19)20-11-7-4-8-12-20/h3,5-6,9-10,17,20-22H,2,4,7-8,11-16,18H2,1H3,(H,28,31). The molecule has 31 heavy (non-hydrogen) atoms. The Balaban J connectivity index is 1.34.